The molecular formula is C22H16ClNO4. The third kappa shape index (κ3) is 3.44. The Bertz CT molecular complexity index is 1100. The summed E-state index contributed by atoms with van der Waals surface area (Å²) in [4.78, 5) is 24.0. The standard InChI is InChI=1S/C22H16ClNO4/c1-2-27-22(26)14-5-3-13(4-6-14)20-10-8-16(28-20)12-18-17-9-7-15(23)11-19(17)24-21(18)25/h3-12H,2H2,1H3,(H,24,25)/b18-12+. The van der Waals surface area contributed by atoms with Gasteiger partial charge in [-0.25, -0.2) is 4.79 Å². The Hall–Kier alpha value is -3.31. The van der Waals surface area contributed by atoms with Crippen LogP contribution in [0.25, 0.3) is 23.0 Å². The van der Waals surface area contributed by atoms with Crippen LogP contribution >= 0.6 is 11.6 Å². The quantitative estimate of drug-likeness (QED) is 0.484. The number of amides is 1. The third-order valence-electron chi connectivity index (χ3n) is 4.36. The predicted octanol–water partition coefficient (Wildman–Crippen LogP) is 5.27. The van der Waals surface area contributed by atoms with E-state index >= 15 is 0 Å². The first-order valence-corrected chi connectivity index (χ1v) is 9.13. The van der Waals surface area contributed by atoms with E-state index in [1.165, 1.54) is 0 Å². The predicted molar refractivity (Wildman–Crippen MR) is 108 cm³/mol. The van der Waals surface area contributed by atoms with E-state index in [0.29, 0.717) is 40.0 Å². The van der Waals surface area contributed by atoms with Crippen LogP contribution in [0.4, 0.5) is 5.69 Å². The van der Waals surface area contributed by atoms with Gasteiger partial charge in [0.2, 0.25) is 0 Å². The molecule has 0 unspecified atom stereocenters. The van der Waals surface area contributed by atoms with Gasteiger partial charge in [0.1, 0.15) is 11.5 Å². The van der Waals surface area contributed by atoms with Crippen LogP contribution in [0.2, 0.25) is 5.02 Å². The molecule has 0 saturated carbocycles. The molecule has 1 aliphatic heterocycles. The lowest BCUT2D eigenvalue weighted by Crippen LogP contribution is -2.03. The molecule has 140 valence electrons. The molecule has 0 saturated heterocycles. The number of hydrogen-bond acceptors (Lipinski definition) is 4. The minimum absolute atomic E-state index is 0.200. The van der Waals surface area contributed by atoms with Crippen LogP contribution in [-0.2, 0) is 9.53 Å². The summed E-state index contributed by atoms with van der Waals surface area (Å²) in [5.41, 5.74) is 3.29. The Kier molecular flexibility index (Phi) is 4.75. The van der Waals surface area contributed by atoms with Crippen molar-refractivity contribution < 1.29 is 18.7 Å². The van der Waals surface area contributed by atoms with Crippen molar-refractivity contribution in [3.63, 3.8) is 0 Å². The number of rotatable bonds is 4. The zero-order chi connectivity index (χ0) is 19.7. The molecule has 0 bridgehead atoms. The lowest BCUT2D eigenvalue weighted by molar-refractivity contribution is -0.110. The minimum Gasteiger partial charge on any atom is -0.462 e. The van der Waals surface area contributed by atoms with Crippen LogP contribution in [0, 0.1) is 0 Å². The second-order valence-corrected chi connectivity index (χ2v) is 6.64. The minimum atomic E-state index is -0.357. The van der Waals surface area contributed by atoms with Gasteiger partial charge in [0, 0.05) is 16.1 Å². The number of anilines is 1. The van der Waals surface area contributed by atoms with Crippen molar-refractivity contribution in [3.8, 4) is 11.3 Å². The first-order valence-electron chi connectivity index (χ1n) is 8.75. The summed E-state index contributed by atoms with van der Waals surface area (Å²) in [5.74, 6) is 0.633. The summed E-state index contributed by atoms with van der Waals surface area (Å²) in [6.07, 6.45) is 1.70. The molecule has 28 heavy (non-hydrogen) atoms. The highest BCUT2D eigenvalue weighted by atomic mass is 35.5. The Morgan fingerprint density at radius 1 is 1.14 bits per heavy atom. The maximum absolute atomic E-state index is 12.3. The van der Waals surface area contributed by atoms with Crippen molar-refractivity contribution in [2.75, 3.05) is 11.9 Å². The van der Waals surface area contributed by atoms with Crippen molar-refractivity contribution >= 4 is 40.8 Å². The first-order chi connectivity index (χ1) is 13.5. The smallest absolute Gasteiger partial charge is 0.338 e. The molecule has 0 spiro atoms. The Balaban J connectivity index is 1.60. The third-order valence-corrected chi connectivity index (χ3v) is 4.59. The van der Waals surface area contributed by atoms with Gasteiger partial charge in [0.15, 0.2) is 0 Å². The van der Waals surface area contributed by atoms with E-state index in [1.54, 1.807) is 61.5 Å². The fourth-order valence-electron chi connectivity index (χ4n) is 3.02. The van der Waals surface area contributed by atoms with Crippen molar-refractivity contribution in [2.45, 2.75) is 6.92 Å². The fraction of sp³-hybridized carbons (Fsp3) is 0.0909. The van der Waals surface area contributed by atoms with Gasteiger partial charge in [-0.1, -0.05) is 29.8 Å². The van der Waals surface area contributed by atoms with Gasteiger partial charge >= 0.3 is 5.97 Å². The molecule has 4 rings (SSSR count). The maximum atomic E-state index is 12.3. The van der Waals surface area contributed by atoms with Gasteiger partial charge < -0.3 is 14.5 Å². The summed E-state index contributed by atoms with van der Waals surface area (Å²) in [6, 6.07) is 15.9. The van der Waals surface area contributed by atoms with Gasteiger partial charge in [0.05, 0.1) is 23.4 Å². The Labute approximate surface area is 166 Å². The van der Waals surface area contributed by atoms with Crippen LogP contribution in [0.15, 0.2) is 59.0 Å². The van der Waals surface area contributed by atoms with E-state index in [-0.39, 0.29) is 11.9 Å². The lowest BCUT2D eigenvalue weighted by atomic mass is 10.1. The van der Waals surface area contributed by atoms with E-state index < -0.39 is 0 Å². The van der Waals surface area contributed by atoms with Crippen molar-refractivity contribution in [2.24, 2.45) is 0 Å². The molecular weight excluding hydrogens is 378 g/mol. The first kappa shape index (κ1) is 18.1. The van der Waals surface area contributed by atoms with Crippen molar-refractivity contribution in [1.29, 1.82) is 0 Å². The van der Waals surface area contributed by atoms with E-state index in [4.69, 9.17) is 20.8 Å². The van der Waals surface area contributed by atoms with Crippen molar-refractivity contribution in [3.05, 3.63) is 76.5 Å². The molecule has 2 heterocycles. The molecule has 0 fully saturated rings. The largest absolute Gasteiger partial charge is 0.462 e. The van der Waals surface area contributed by atoms with Crippen LogP contribution in [0.5, 0.6) is 0 Å². The zero-order valence-electron chi connectivity index (χ0n) is 15.0. The number of carbonyl (C=O) groups excluding carboxylic acids is 2. The lowest BCUT2D eigenvalue weighted by Gasteiger charge is -2.02. The number of esters is 1. The van der Waals surface area contributed by atoms with E-state index in [1.807, 2.05) is 6.07 Å². The maximum Gasteiger partial charge on any atom is 0.338 e. The molecule has 2 aromatic carbocycles. The van der Waals surface area contributed by atoms with E-state index in [9.17, 15) is 9.59 Å². The van der Waals surface area contributed by atoms with Crippen LogP contribution in [0.3, 0.4) is 0 Å². The molecule has 3 aromatic rings. The number of carbonyl (C=O) groups is 2. The van der Waals surface area contributed by atoms with Gasteiger partial charge in [-0.2, -0.15) is 0 Å². The van der Waals surface area contributed by atoms with Gasteiger partial charge in [-0.05, 0) is 49.4 Å². The average molecular weight is 394 g/mol. The molecule has 6 heteroatoms. The summed E-state index contributed by atoms with van der Waals surface area (Å²) < 4.78 is 10.8. The number of furan rings is 1. The topological polar surface area (TPSA) is 68.5 Å². The monoisotopic (exact) mass is 393 g/mol. The summed E-state index contributed by atoms with van der Waals surface area (Å²) >= 11 is 5.98. The molecule has 1 aromatic heterocycles. The van der Waals surface area contributed by atoms with E-state index in [0.717, 1.165) is 11.1 Å². The molecule has 0 atom stereocenters. The van der Waals surface area contributed by atoms with Gasteiger partial charge in [-0.3, -0.25) is 4.79 Å². The average Bonchev–Trinajstić information content (AvgIpc) is 3.27. The molecule has 0 radical (unpaired) electrons. The number of benzene rings is 2. The number of hydrogen-bond donors (Lipinski definition) is 1. The fourth-order valence-corrected chi connectivity index (χ4v) is 3.19. The van der Waals surface area contributed by atoms with Gasteiger partial charge in [-0.15, -0.1) is 0 Å². The Morgan fingerprint density at radius 3 is 2.68 bits per heavy atom. The molecule has 5 nitrogen and oxygen atoms in total. The highest BCUT2D eigenvalue weighted by Crippen LogP contribution is 2.35. The zero-order valence-corrected chi connectivity index (χ0v) is 15.7. The van der Waals surface area contributed by atoms with E-state index in [2.05, 4.69) is 5.32 Å². The van der Waals surface area contributed by atoms with Crippen LogP contribution in [-0.4, -0.2) is 18.5 Å². The number of halogens is 1. The summed E-state index contributed by atoms with van der Waals surface area (Å²) in [7, 11) is 0. The number of ether oxygens (including phenoxy) is 1. The summed E-state index contributed by atoms with van der Waals surface area (Å²) in [5, 5.41) is 3.36. The number of fused-ring (bicyclic) bond motifs is 1. The second kappa shape index (κ2) is 7.37. The molecule has 1 N–H and O–H groups in total. The van der Waals surface area contributed by atoms with Gasteiger partial charge in [0.25, 0.3) is 5.91 Å². The molecule has 1 aliphatic rings. The second-order valence-electron chi connectivity index (χ2n) is 6.20. The molecule has 0 aliphatic carbocycles. The summed E-state index contributed by atoms with van der Waals surface area (Å²) in [6.45, 7) is 2.10. The number of nitrogens with one attached hydrogen (secondary N) is 1. The Morgan fingerprint density at radius 2 is 1.93 bits per heavy atom. The molecule has 1 amide bonds. The SMILES string of the molecule is CCOC(=O)c1ccc(-c2ccc(/C=C3/C(=O)Nc4cc(Cl)ccc43)o2)cc1. The highest BCUT2D eigenvalue weighted by Gasteiger charge is 2.24. The van der Waals surface area contributed by atoms with Crippen LogP contribution < -0.4 is 5.32 Å². The van der Waals surface area contributed by atoms with Crippen molar-refractivity contribution in [1.82, 2.24) is 0 Å². The highest BCUT2D eigenvalue weighted by molar-refractivity contribution is 6.36. The normalized spacial score (nSPS) is 14.1. The van der Waals surface area contributed by atoms with Crippen LogP contribution in [0.1, 0.15) is 28.6 Å².